The topological polar surface area (TPSA) is 51.8 Å². The Balaban J connectivity index is 1.19. The predicted molar refractivity (Wildman–Crippen MR) is 209 cm³/mol. The molecule has 0 saturated carbocycles. The molecule has 0 spiro atoms. The molecular formula is C47H29N3O. The van der Waals surface area contributed by atoms with Gasteiger partial charge in [-0.05, 0) is 68.7 Å². The normalized spacial score (nSPS) is 11.5. The summed E-state index contributed by atoms with van der Waals surface area (Å²) in [4.78, 5) is 15.4. The quantitative estimate of drug-likeness (QED) is 0.186. The molecule has 8 aromatic carbocycles. The SMILES string of the molecule is c1ccc(-c2ccc3cc(-c4nc(-c5ccccc5)nc(-c5cc6ccccc6c6oc7cc(-c8ccccc8)ccc7c56)n4)ccc3c2)cc1. The van der Waals surface area contributed by atoms with Crippen LogP contribution in [-0.4, -0.2) is 15.0 Å². The van der Waals surface area contributed by atoms with Crippen LogP contribution in [0.5, 0.6) is 0 Å². The lowest BCUT2D eigenvalue weighted by molar-refractivity contribution is 0.673. The third-order valence-electron chi connectivity index (χ3n) is 9.69. The van der Waals surface area contributed by atoms with Gasteiger partial charge in [-0.25, -0.2) is 15.0 Å². The minimum atomic E-state index is 0.601. The lowest BCUT2D eigenvalue weighted by Crippen LogP contribution is -2.00. The maximum Gasteiger partial charge on any atom is 0.164 e. The molecule has 4 nitrogen and oxygen atoms in total. The summed E-state index contributed by atoms with van der Waals surface area (Å²) in [6.07, 6.45) is 0. The molecule has 0 fully saturated rings. The van der Waals surface area contributed by atoms with Crippen LogP contribution in [-0.2, 0) is 0 Å². The summed E-state index contributed by atoms with van der Waals surface area (Å²) in [6.45, 7) is 0. The first-order valence-corrected chi connectivity index (χ1v) is 17.1. The van der Waals surface area contributed by atoms with Gasteiger partial charge < -0.3 is 4.42 Å². The largest absolute Gasteiger partial charge is 0.455 e. The highest BCUT2D eigenvalue weighted by Gasteiger charge is 2.21. The van der Waals surface area contributed by atoms with E-state index in [1.807, 2.05) is 42.5 Å². The molecular weight excluding hydrogens is 623 g/mol. The smallest absolute Gasteiger partial charge is 0.164 e. The van der Waals surface area contributed by atoms with Gasteiger partial charge in [0.1, 0.15) is 11.2 Å². The van der Waals surface area contributed by atoms with Gasteiger partial charge >= 0.3 is 0 Å². The first-order chi connectivity index (χ1) is 25.2. The second-order valence-electron chi connectivity index (χ2n) is 12.8. The van der Waals surface area contributed by atoms with Crippen molar-refractivity contribution in [1.29, 1.82) is 0 Å². The Morgan fingerprint density at radius 3 is 1.57 bits per heavy atom. The molecule has 238 valence electrons. The molecule has 0 N–H and O–H groups in total. The molecule has 0 aliphatic heterocycles. The lowest BCUT2D eigenvalue weighted by Gasteiger charge is -2.11. The van der Waals surface area contributed by atoms with Crippen LogP contribution in [0.1, 0.15) is 0 Å². The van der Waals surface area contributed by atoms with E-state index in [2.05, 4.69) is 133 Å². The van der Waals surface area contributed by atoms with Crippen molar-refractivity contribution in [2.45, 2.75) is 0 Å². The average Bonchev–Trinajstić information content (AvgIpc) is 3.60. The molecule has 0 radical (unpaired) electrons. The van der Waals surface area contributed by atoms with Crippen molar-refractivity contribution in [3.05, 3.63) is 176 Å². The second-order valence-corrected chi connectivity index (χ2v) is 12.8. The van der Waals surface area contributed by atoms with Gasteiger partial charge in [-0.3, -0.25) is 0 Å². The third kappa shape index (κ3) is 5.13. The number of hydrogen-bond acceptors (Lipinski definition) is 4. The van der Waals surface area contributed by atoms with Crippen molar-refractivity contribution in [3.63, 3.8) is 0 Å². The summed E-state index contributed by atoms with van der Waals surface area (Å²) in [7, 11) is 0. The zero-order valence-electron chi connectivity index (χ0n) is 27.5. The number of hydrogen-bond donors (Lipinski definition) is 0. The number of furan rings is 1. The van der Waals surface area contributed by atoms with Crippen molar-refractivity contribution >= 4 is 43.5 Å². The Morgan fingerprint density at radius 2 is 0.863 bits per heavy atom. The second kappa shape index (κ2) is 11.9. The summed E-state index contributed by atoms with van der Waals surface area (Å²) < 4.78 is 6.74. The van der Waals surface area contributed by atoms with Crippen molar-refractivity contribution in [2.75, 3.05) is 0 Å². The fourth-order valence-corrected chi connectivity index (χ4v) is 7.13. The van der Waals surface area contributed by atoms with Crippen molar-refractivity contribution < 1.29 is 4.42 Å². The maximum absolute atomic E-state index is 6.74. The predicted octanol–water partition coefficient (Wildman–Crippen LogP) is 12.4. The first-order valence-electron chi connectivity index (χ1n) is 17.1. The Labute approximate surface area is 294 Å². The molecule has 0 saturated heterocycles. The molecule has 51 heavy (non-hydrogen) atoms. The van der Waals surface area contributed by atoms with Gasteiger partial charge in [-0.2, -0.15) is 0 Å². The summed E-state index contributed by atoms with van der Waals surface area (Å²) >= 11 is 0. The fourth-order valence-electron chi connectivity index (χ4n) is 7.13. The lowest BCUT2D eigenvalue weighted by atomic mass is 9.98. The van der Waals surface area contributed by atoms with Gasteiger partial charge in [-0.15, -0.1) is 0 Å². The monoisotopic (exact) mass is 651 g/mol. The van der Waals surface area contributed by atoms with Crippen LogP contribution in [0, 0.1) is 0 Å². The molecule has 2 heterocycles. The van der Waals surface area contributed by atoms with Gasteiger partial charge in [0.2, 0.25) is 0 Å². The van der Waals surface area contributed by atoms with E-state index >= 15 is 0 Å². The summed E-state index contributed by atoms with van der Waals surface area (Å²) in [5.41, 5.74) is 9.05. The molecule has 0 atom stereocenters. The van der Waals surface area contributed by atoms with Crippen LogP contribution in [0.2, 0.25) is 0 Å². The third-order valence-corrected chi connectivity index (χ3v) is 9.69. The van der Waals surface area contributed by atoms with Crippen LogP contribution in [0.4, 0.5) is 0 Å². The number of fused-ring (bicyclic) bond motifs is 6. The molecule has 0 aliphatic rings. The van der Waals surface area contributed by atoms with Gasteiger partial charge in [-0.1, -0.05) is 146 Å². The molecule has 0 unspecified atom stereocenters. The van der Waals surface area contributed by atoms with Gasteiger partial charge in [0.05, 0.1) is 0 Å². The Morgan fingerprint density at radius 1 is 0.333 bits per heavy atom. The molecule has 4 heteroatoms. The molecule has 0 bridgehead atoms. The minimum absolute atomic E-state index is 0.601. The molecule has 10 rings (SSSR count). The molecule has 2 aromatic heterocycles. The summed E-state index contributed by atoms with van der Waals surface area (Å²) in [6, 6.07) is 61.0. The van der Waals surface area contributed by atoms with Crippen LogP contribution in [0.15, 0.2) is 180 Å². The van der Waals surface area contributed by atoms with E-state index in [0.29, 0.717) is 17.5 Å². The van der Waals surface area contributed by atoms with Crippen LogP contribution in [0.3, 0.4) is 0 Å². The van der Waals surface area contributed by atoms with E-state index in [9.17, 15) is 0 Å². The van der Waals surface area contributed by atoms with Crippen LogP contribution >= 0.6 is 0 Å². The van der Waals surface area contributed by atoms with E-state index in [0.717, 1.165) is 71.3 Å². The minimum Gasteiger partial charge on any atom is -0.455 e. The van der Waals surface area contributed by atoms with Crippen LogP contribution in [0.25, 0.3) is 99.9 Å². The Hall–Kier alpha value is -6.91. The highest BCUT2D eigenvalue weighted by atomic mass is 16.3. The zero-order valence-corrected chi connectivity index (χ0v) is 27.5. The average molecular weight is 652 g/mol. The number of aromatic nitrogens is 3. The Bertz CT molecular complexity index is 2900. The van der Waals surface area contributed by atoms with Crippen LogP contribution < -0.4 is 0 Å². The van der Waals surface area contributed by atoms with E-state index < -0.39 is 0 Å². The fraction of sp³-hybridized carbons (Fsp3) is 0. The number of benzene rings is 8. The van der Waals surface area contributed by atoms with Gasteiger partial charge in [0.15, 0.2) is 17.5 Å². The standard InChI is InChI=1S/C47H29N3O/c1-4-12-30(13-5-1)33-20-21-35-27-38(23-22-34(35)26-33)46-48-45(32-16-8-3-9-17-32)49-47(50-46)41-28-37-18-10-11-19-39(37)44-43(41)40-25-24-36(29-42(40)51-44)31-14-6-2-7-15-31/h1-29H. The Kier molecular flexibility index (Phi) is 6.78. The molecule has 0 amide bonds. The van der Waals surface area contributed by atoms with Crippen molar-refractivity contribution in [2.24, 2.45) is 0 Å². The summed E-state index contributed by atoms with van der Waals surface area (Å²) in [5, 5.41) is 6.41. The summed E-state index contributed by atoms with van der Waals surface area (Å²) in [5.74, 6) is 1.84. The molecule has 0 aliphatic carbocycles. The van der Waals surface area contributed by atoms with E-state index in [4.69, 9.17) is 19.4 Å². The maximum atomic E-state index is 6.74. The van der Waals surface area contributed by atoms with E-state index in [1.54, 1.807) is 0 Å². The zero-order chi connectivity index (χ0) is 33.7. The van der Waals surface area contributed by atoms with E-state index in [1.165, 1.54) is 11.1 Å². The highest BCUT2D eigenvalue weighted by Crippen LogP contribution is 2.42. The molecule has 10 aromatic rings. The number of rotatable bonds is 5. The van der Waals surface area contributed by atoms with Gasteiger partial charge in [0.25, 0.3) is 0 Å². The number of nitrogens with zero attached hydrogens (tertiary/aromatic N) is 3. The van der Waals surface area contributed by atoms with E-state index in [-0.39, 0.29) is 0 Å². The van der Waals surface area contributed by atoms with Gasteiger partial charge in [0, 0.05) is 32.8 Å². The first kappa shape index (κ1) is 29.0. The van der Waals surface area contributed by atoms with Crippen molar-refractivity contribution in [3.8, 4) is 56.4 Å². The highest BCUT2D eigenvalue weighted by molar-refractivity contribution is 6.21. The van der Waals surface area contributed by atoms with Crippen molar-refractivity contribution in [1.82, 2.24) is 15.0 Å².